The van der Waals surface area contributed by atoms with E-state index in [0.717, 1.165) is 25.7 Å². The number of nitrogens with zero attached hydrogens (tertiary/aromatic N) is 1. The van der Waals surface area contributed by atoms with Gasteiger partial charge in [-0.1, -0.05) is 46.5 Å². The van der Waals surface area contributed by atoms with E-state index in [1.165, 1.54) is 23.6 Å². The second-order valence-electron chi connectivity index (χ2n) is 6.64. The molecular weight excluding hydrogens is 348 g/mol. The molecule has 26 heavy (non-hydrogen) atoms. The molecule has 1 aromatic rings. The molecule has 0 unspecified atom stereocenters. The molecule has 0 saturated carbocycles. The Morgan fingerprint density at radius 3 is 2.00 bits per heavy atom. The lowest BCUT2D eigenvalue weighted by Crippen LogP contribution is -2.32. The van der Waals surface area contributed by atoms with Crippen molar-refractivity contribution in [2.75, 3.05) is 18.4 Å². The third kappa shape index (κ3) is 7.46. The quantitative estimate of drug-likeness (QED) is 0.499. The second kappa shape index (κ2) is 12.1. The number of anilines is 1. The summed E-state index contributed by atoms with van der Waals surface area (Å²) >= 11 is 0. The van der Waals surface area contributed by atoms with Crippen LogP contribution in [0.1, 0.15) is 72.1 Å². The second-order valence-corrected chi connectivity index (χ2v) is 8.58. The Morgan fingerprint density at radius 1 is 0.885 bits per heavy atom. The van der Waals surface area contributed by atoms with Gasteiger partial charge in [0.2, 0.25) is 15.9 Å². The summed E-state index contributed by atoms with van der Waals surface area (Å²) in [5.74, 6) is -0.0179. The Hall–Kier alpha value is -1.40. The van der Waals surface area contributed by atoms with E-state index < -0.39 is 10.0 Å². The molecule has 0 aromatic heterocycles. The fraction of sp³-hybridized carbons (Fsp3) is 0.650. The van der Waals surface area contributed by atoms with Gasteiger partial charge in [0.15, 0.2) is 0 Å². The van der Waals surface area contributed by atoms with Crippen molar-refractivity contribution in [3.8, 4) is 0 Å². The number of benzene rings is 1. The van der Waals surface area contributed by atoms with Crippen LogP contribution in [0.5, 0.6) is 0 Å². The SMILES string of the molecule is CCCCCCCC(=O)Nc1ccc(S(=O)(=O)N(CCC)CCC)cc1. The van der Waals surface area contributed by atoms with Gasteiger partial charge in [0.25, 0.3) is 0 Å². The Morgan fingerprint density at radius 2 is 1.46 bits per heavy atom. The highest BCUT2D eigenvalue weighted by molar-refractivity contribution is 7.89. The van der Waals surface area contributed by atoms with Crippen molar-refractivity contribution < 1.29 is 13.2 Å². The summed E-state index contributed by atoms with van der Waals surface area (Å²) in [6, 6.07) is 6.48. The number of hydrogen-bond acceptors (Lipinski definition) is 3. The summed E-state index contributed by atoms with van der Waals surface area (Å²) in [5, 5.41) is 2.84. The van der Waals surface area contributed by atoms with E-state index in [4.69, 9.17) is 0 Å². The molecule has 0 aliphatic rings. The number of carbonyl (C=O) groups excluding carboxylic acids is 1. The van der Waals surface area contributed by atoms with Crippen molar-refractivity contribution in [3.05, 3.63) is 24.3 Å². The summed E-state index contributed by atoms with van der Waals surface area (Å²) < 4.78 is 26.9. The van der Waals surface area contributed by atoms with Gasteiger partial charge in [0.05, 0.1) is 4.90 Å². The maximum atomic E-state index is 12.7. The minimum absolute atomic E-state index is 0.0179. The van der Waals surface area contributed by atoms with E-state index in [1.54, 1.807) is 24.3 Å². The van der Waals surface area contributed by atoms with Gasteiger partial charge in [0.1, 0.15) is 0 Å². The predicted octanol–water partition coefficient (Wildman–Crippen LogP) is 4.80. The third-order valence-corrected chi connectivity index (χ3v) is 6.14. The first kappa shape index (κ1) is 22.6. The van der Waals surface area contributed by atoms with Crippen molar-refractivity contribution >= 4 is 21.6 Å². The maximum Gasteiger partial charge on any atom is 0.243 e. The van der Waals surface area contributed by atoms with Crippen LogP contribution < -0.4 is 5.32 Å². The highest BCUT2D eigenvalue weighted by Crippen LogP contribution is 2.19. The van der Waals surface area contributed by atoms with E-state index >= 15 is 0 Å². The van der Waals surface area contributed by atoms with Gasteiger partial charge in [-0.15, -0.1) is 0 Å². The van der Waals surface area contributed by atoms with E-state index in [2.05, 4.69) is 12.2 Å². The maximum absolute atomic E-state index is 12.7. The molecule has 0 radical (unpaired) electrons. The van der Waals surface area contributed by atoms with E-state index in [9.17, 15) is 13.2 Å². The van der Waals surface area contributed by atoms with Crippen LogP contribution in [-0.2, 0) is 14.8 Å². The van der Waals surface area contributed by atoms with Crippen LogP contribution in [0.4, 0.5) is 5.69 Å². The van der Waals surface area contributed by atoms with Crippen molar-refractivity contribution in [1.29, 1.82) is 0 Å². The fourth-order valence-electron chi connectivity index (χ4n) is 2.82. The molecule has 0 aliphatic heterocycles. The van der Waals surface area contributed by atoms with Gasteiger partial charge >= 0.3 is 0 Å². The fourth-order valence-corrected chi connectivity index (χ4v) is 4.45. The van der Waals surface area contributed by atoms with Gasteiger partial charge in [0, 0.05) is 25.2 Å². The number of carbonyl (C=O) groups is 1. The van der Waals surface area contributed by atoms with Gasteiger partial charge in [-0.2, -0.15) is 4.31 Å². The minimum Gasteiger partial charge on any atom is -0.326 e. The molecular formula is C20H34N2O3S. The standard InChI is InChI=1S/C20H34N2O3S/c1-4-7-8-9-10-11-20(23)21-18-12-14-19(15-13-18)26(24,25)22(16-5-2)17-6-3/h12-15H,4-11,16-17H2,1-3H3,(H,21,23). The zero-order valence-electron chi connectivity index (χ0n) is 16.5. The molecule has 0 heterocycles. The van der Waals surface area contributed by atoms with E-state index in [0.29, 0.717) is 25.2 Å². The van der Waals surface area contributed by atoms with Crippen LogP contribution in [0.25, 0.3) is 0 Å². The van der Waals surface area contributed by atoms with E-state index in [1.807, 2.05) is 13.8 Å². The predicted molar refractivity (Wildman–Crippen MR) is 108 cm³/mol. The normalized spacial score (nSPS) is 11.7. The summed E-state index contributed by atoms with van der Waals surface area (Å²) in [4.78, 5) is 12.2. The molecule has 0 saturated heterocycles. The molecule has 0 aliphatic carbocycles. The van der Waals surface area contributed by atoms with Gasteiger partial charge in [-0.05, 0) is 43.5 Å². The molecule has 6 heteroatoms. The van der Waals surface area contributed by atoms with Crippen LogP contribution in [0, 0.1) is 0 Å². The molecule has 0 fully saturated rings. The molecule has 1 N–H and O–H groups in total. The Balaban J connectivity index is 2.63. The largest absolute Gasteiger partial charge is 0.326 e. The highest BCUT2D eigenvalue weighted by atomic mass is 32.2. The summed E-state index contributed by atoms with van der Waals surface area (Å²) in [6.07, 6.45) is 7.61. The van der Waals surface area contributed by atoms with Crippen LogP contribution in [0.2, 0.25) is 0 Å². The summed E-state index contributed by atoms with van der Waals surface area (Å²) in [7, 11) is -3.47. The molecule has 148 valence electrons. The average Bonchev–Trinajstić information content (AvgIpc) is 2.62. The molecule has 1 amide bonds. The van der Waals surface area contributed by atoms with Crippen molar-refractivity contribution in [2.45, 2.75) is 77.0 Å². The summed E-state index contributed by atoms with van der Waals surface area (Å²) in [6.45, 7) is 7.15. The van der Waals surface area contributed by atoms with Crippen LogP contribution >= 0.6 is 0 Å². The molecule has 1 rings (SSSR count). The Kier molecular flexibility index (Phi) is 10.5. The summed E-state index contributed by atoms with van der Waals surface area (Å²) in [5.41, 5.74) is 0.639. The first-order valence-corrected chi connectivity index (χ1v) is 11.3. The van der Waals surface area contributed by atoms with Gasteiger partial charge in [-0.3, -0.25) is 4.79 Å². The van der Waals surface area contributed by atoms with Crippen LogP contribution in [0.15, 0.2) is 29.2 Å². The lowest BCUT2D eigenvalue weighted by molar-refractivity contribution is -0.116. The lowest BCUT2D eigenvalue weighted by atomic mass is 10.1. The first-order chi connectivity index (χ1) is 12.5. The number of hydrogen-bond donors (Lipinski definition) is 1. The molecule has 0 spiro atoms. The van der Waals surface area contributed by atoms with E-state index in [-0.39, 0.29) is 10.8 Å². The Bertz CT molecular complexity index is 621. The molecule has 5 nitrogen and oxygen atoms in total. The van der Waals surface area contributed by atoms with Crippen molar-refractivity contribution in [2.24, 2.45) is 0 Å². The lowest BCUT2D eigenvalue weighted by Gasteiger charge is -2.21. The number of sulfonamides is 1. The van der Waals surface area contributed by atoms with Crippen molar-refractivity contribution in [1.82, 2.24) is 4.31 Å². The zero-order chi connectivity index (χ0) is 19.4. The Labute approximate surface area is 159 Å². The van der Waals surface area contributed by atoms with Crippen LogP contribution in [-0.4, -0.2) is 31.7 Å². The minimum atomic E-state index is -3.47. The third-order valence-electron chi connectivity index (χ3n) is 4.23. The monoisotopic (exact) mass is 382 g/mol. The number of unbranched alkanes of at least 4 members (excludes halogenated alkanes) is 4. The number of nitrogens with one attached hydrogen (secondary N) is 1. The van der Waals surface area contributed by atoms with Gasteiger partial charge < -0.3 is 5.32 Å². The van der Waals surface area contributed by atoms with Crippen LogP contribution in [0.3, 0.4) is 0 Å². The van der Waals surface area contributed by atoms with Gasteiger partial charge in [-0.25, -0.2) is 8.42 Å². The smallest absolute Gasteiger partial charge is 0.243 e. The number of amides is 1. The molecule has 1 aromatic carbocycles. The number of rotatable bonds is 13. The zero-order valence-corrected chi connectivity index (χ0v) is 17.3. The highest BCUT2D eigenvalue weighted by Gasteiger charge is 2.22. The molecule has 0 bridgehead atoms. The molecule has 0 atom stereocenters. The first-order valence-electron chi connectivity index (χ1n) is 9.85. The van der Waals surface area contributed by atoms with Crippen molar-refractivity contribution in [3.63, 3.8) is 0 Å². The average molecular weight is 383 g/mol. The topological polar surface area (TPSA) is 66.5 Å².